The lowest BCUT2D eigenvalue weighted by Crippen LogP contribution is -2.18. The second kappa shape index (κ2) is 7.60. The Morgan fingerprint density at radius 3 is 2.67 bits per heavy atom. The van der Waals surface area contributed by atoms with Crippen LogP contribution in [0.25, 0.3) is 5.69 Å². The number of sulfone groups is 1. The highest BCUT2D eigenvalue weighted by molar-refractivity contribution is 7.90. The van der Waals surface area contributed by atoms with Crippen molar-refractivity contribution in [3.05, 3.63) is 70.4 Å². The Morgan fingerprint density at radius 2 is 1.90 bits per heavy atom. The van der Waals surface area contributed by atoms with Crippen LogP contribution in [-0.4, -0.2) is 30.7 Å². The molecule has 0 spiro atoms. The maximum Gasteiger partial charge on any atom is 0.260 e. The Balaban J connectivity index is 1.81. The summed E-state index contributed by atoms with van der Waals surface area (Å²) >= 11 is 0. The van der Waals surface area contributed by atoms with Crippen molar-refractivity contribution in [3.63, 3.8) is 0 Å². The number of carbonyl (C=O) groups excluding carboxylic acids is 1. The monoisotopic (exact) mass is 425 g/mol. The zero-order valence-electron chi connectivity index (χ0n) is 17.1. The van der Waals surface area contributed by atoms with Crippen LogP contribution in [0.2, 0.25) is 0 Å². The first-order chi connectivity index (χ1) is 14.3. The van der Waals surface area contributed by atoms with E-state index in [0.717, 1.165) is 16.8 Å². The van der Waals surface area contributed by atoms with E-state index in [2.05, 4.69) is 10.4 Å². The third-order valence-corrected chi connectivity index (χ3v) is 6.70. The van der Waals surface area contributed by atoms with E-state index in [1.165, 1.54) is 0 Å². The fraction of sp³-hybridized carbons (Fsp3) is 0.273. The number of anilines is 1. The second-order valence-corrected chi connectivity index (χ2v) is 9.38. The van der Waals surface area contributed by atoms with Gasteiger partial charge < -0.3 is 10.1 Å². The first-order valence-corrected chi connectivity index (χ1v) is 11.5. The molecule has 1 N–H and O–H groups in total. The van der Waals surface area contributed by atoms with Gasteiger partial charge in [0.15, 0.2) is 9.84 Å². The van der Waals surface area contributed by atoms with E-state index >= 15 is 0 Å². The van der Waals surface area contributed by atoms with Crippen LogP contribution in [0, 0.1) is 13.8 Å². The molecule has 0 atom stereocenters. The van der Waals surface area contributed by atoms with E-state index in [9.17, 15) is 13.2 Å². The molecule has 1 aromatic heterocycles. The van der Waals surface area contributed by atoms with Gasteiger partial charge >= 0.3 is 0 Å². The Kier molecular flexibility index (Phi) is 5.11. The van der Waals surface area contributed by atoms with Crippen LogP contribution < -0.4 is 10.1 Å². The van der Waals surface area contributed by atoms with Crippen LogP contribution in [-0.2, 0) is 21.3 Å². The molecule has 8 heteroatoms. The number of hydrogen-bond donors (Lipinski definition) is 1. The lowest BCUT2D eigenvalue weighted by molar-refractivity contribution is 0.102. The maximum absolute atomic E-state index is 13.1. The molecule has 7 nitrogen and oxygen atoms in total. The Hall–Kier alpha value is -3.13. The first-order valence-electron chi connectivity index (χ1n) is 9.71. The summed E-state index contributed by atoms with van der Waals surface area (Å²) in [6.45, 7) is 6.25. The zero-order valence-corrected chi connectivity index (χ0v) is 17.9. The minimum Gasteiger partial charge on any atom is -0.493 e. The van der Waals surface area contributed by atoms with Gasteiger partial charge in [-0.25, -0.2) is 13.1 Å². The second-order valence-electron chi connectivity index (χ2n) is 7.32. The van der Waals surface area contributed by atoms with E-state index in [1.54, 1.807) is 28.9 Å². The summed E-state index contributed by atoms with van der Waals surface area (Å²) in [5.74, 6) is 0.211. The number of fused-ring (bicyclic) bond motifs is 1. The van der Waals surface area contributed by atoms with Gasteiger partial charge in [-0.15, -0.1) is 0 Å². The van der Waals surface area contributed by atoms with Crippen LogP contribution in [0.15, 0.2) is 42.5 Å². The van der Waals surface area contributed by atoms with Crippen molar-refractivity contribution in [1.29, 1.82) is 0 Å². The highest BCUT2D eigenvalue weighted by Crippen LogP contribution is 2.34. The number of nitrogens with one attached hydrogen (secondary N) is 1. The molecule has 30 heavy (non-hydrogen) atoms. The number of nitrogens with zero attached hydrogens (tertiary/aromatic N) is 2. The molecule has 0 unspecified atom stereocenters. The van der Waals surface area contributed by atoms with Crippen LogP contribution >= 0.6 is 0 Å². The number of ether oxygens (including phenoxy) is 1. The lowest BCUT2D eigenvalue weighted by Gasteiger charge is -2.15. The Morgan fingerprint density at radius 1 is 1.13 bits per heavy atom. The summed E-state index contributed by atoms with van der Waals surface area (Å²) in [6.07, 6.45) is 0. The van der Waals surface area contributed by atoms with Gasteiger partial charge in [0.25, 0.3) is 5.91 Å². The van der Waals surface area contributed by atoms with Gasteiger partial charge in [0.2, 0.25) is 0 Å². The molecule has 0 bridgehead atoms. The fourth-order valence-electron chi connectivity index (χ4n) is 3.62. The van der Waals surface area contributed by atoms with Gasteiger partial charge in [-0.2, -0.15) is 5.10 Å². The molecule has 1 aliphatic rings. The highest BCUT2D eigenvalue weighted by Gasteiger charge is 2.33. The smallest absolute Gasteiger partial charge is 0.260 e. The summed E-state index contributed by atoms with van der Waals surface area (Å²) in [4.78, 5) is 13.1. The van der Waals surface area contributed by atoms with Crippen LogP contribution in [0.1, 0.15) is 39.7 Å². The van der Waals surface area contributed by atoms with Crippen molar-refractivity contribution in [2.45, 2.75) is 32.3 Å². The number of aromatic nitrogens is 2. The molecular weight excluding hydrogens is 402 g/mol. The van der Waals surface area contributed by atoms with E-state index in [-0.39, 0.29) is 17.4 Å². The molecule has 1 aliphatic heterocycles. The van der Waals surface area contributed by atoms with Gasteiger partial charge in [-0.05, 0) is 50.1 Å². The minimum absolute atomic E-state index is 0.126. The molecule has 0 saturated carbocycles. The van der Waals surface area contributed by atoms with Crippen molar-refractivity contribution in [2.24, 2.45) is 0 Å². The van der Waals surface area contributed by atoms with Gasteiger partial charge in [-0.3, -0.25) is 4.79 Å². The van der Waals surface area contributed by atoms with E-state index in [0.29, 0.717) is 35.0 Å². The highest BCUT2D eigenvalue weighted by atomic mass is 32.2. The molecule has 2 heterocycles. The third-order valence-electron chi connectivity index (χ3n) is 5.26. The maximum atomic E-state index is 13.1. The van der Waals surface area contributed by atoms with E-state index < -0.39 is 9.84 Å². The van der Waals surface area contributed by atoms with Gasteiger partial charge in [0, 0.05) is 5.56 Å². The van der Waals surface area contributed by atoms with Crippen molar-refractivity contribution in [3.8, 4) is 11.4 Å². The van der Waals surface area contributed by atoms with Crippen molar-refractivity contribution >= 4 is 21.6 Å². The number of para-hydroxylation sites is 1. The summed E-state index contributed by atoms with van der Waals surface area (Å²) in [7, 11) is -3.27. The van der Waals surface area contributed by atoms with Crippen molar-refractivity contribution in [1.82, 2.24) is 9.78 Å². The lowest BCUT2D eigenvalue weighted by atomic mass is 10.1. The largest absolute Gasteiger partial charge is 0.493 e. The molecule has 0 saturated heterocycles. The summed E-state index contributed by atoms with van der Waals surface area (Å²) in [5.41, 5.74) is 4.28. The predicted molar refractivity (Wildman–Crippen MR) is 115 cm³/mol. The third kappa shape index (κ3) is 3.59. The molecular formula is C22H23N3O4S. The topological polar surface area (TPSA) is 90.3 Å². The molecule has 1 amide bonds. The SMILES string of the molecule is CCOc1ccccc1C(=O)Nc1c2c(nn1-c1cccc(C)c1C)CS(=O)(=O)C2. The molecule has 0 aliphatic carbocycles. The quantitative estimate of drug-likeness (QED) is 0.675. The number of amides is 1. The summed E-state index contributed by atoms with van der Waals surface area (Å²) in [5, 5.41) is 7.46. The molecule has 3 aromatic rings. The average molecular weight is 426 g/mol. The number of benzene rings is 2. The van der Waals surface area contributed by atoms with Gasteiger partial charge in [0.1, 0.15) is 11.6 Å². The zero-order chi connectivity index (χ0) is 21.5. The number of aryl methyl sites for hydroxylation is 1. The standard InChI is InChI=1S/C22H23N3O4S/c1-4-29-20-11-6-5-9-16(20)22(26)23-21-17-12-30(27,28)13-18(17)24-25(21)19-10-7-8-14(2)15(19)3/h5-11H,4,12-13H2,1-3H3,(H,23,26). The predicted octanol–water partition coefficient (Wildman–Crippen LogP) is 3.57. The van der Waals surface area contributed by atoms with E-state index in [1.807, 2.05) is 39.0 Å². The molecule has 4 rings (SSSR count). The average Bonchev–Trinajstić information content (AvgIpc) is 3.17. The van der Waals surface area contributed by atoms with Crippen LogP contribution in [0.5, 0.6) is 5.75 Å². The van der Waals surface area contributed by atoms with E-state index in [4.69, 9.17) is 4.74 Å². The molecule has 2 aromatic carbocycles. The summed E-state index contributed by atoms with van der Waals surface area (Å²) in [6, 6.07) is 12.8. The Labute approximate surface area is 175 Å². The number of carbonyl (C=O) groups is 1. The Bertz CT molecular complexity index is 1250. The molecule has 156 valence electrons. The molecule has 0 fully saturated rings. The number of rotatable bonds is 5. The first kappa shape index (κ1) is 20.2. The normalized spacial score (nSPS) is 14.4. The molecule has 0 radical (unpaired) electrons. The van der Waals surface area contributed by atoms with Crippen LogP contribution in [0.4, 0.5) is 5.82 Å². The summed E-state index contributed by atoms with van der Waals surface area (Å²) < 4.78 is 31.6. The van der Waals surface area contributed by atoms with Gasteiger partial charge in [0.05, 0.1) is 35.1 Å². The minimum atomic E-state index is -3.27. The van der Waals surface area contributed by atoms with Crippen molar-refractivity contribution < 1.29 is 17.9 Å². The van der Waals surface area contributed by atoms with Crippen molar-refractivity contribution in [2.75, 3.05) is 11.9 Å². The van der Waals surface area contributed by atoms with Gasteiger partial charge in [-0.1, -0.05) is 24.3 Å². The number of hydrogen-bond acceptors (Lipinski definition) is 5. The fourth-order valence-corrected chi connectivity index (χ4v) is 5.11. The van der Waals surface area contributed by atoms with Crippen LogP contribution in [0.3, 0.4) is 0 Å².